The van der Waals surface area contributed by atoms with Crippen LogP contribution in [-0.4, -0.2) is 17.3 Å². The molecule has 0 aliphatic rings. The van der Waals surface area contributed by atoms with E-state index in [-0.39, 0.29) is 30.0 Å². The minimum absolute atomic E-state index is 0. The Hall–Kier alpha value is -2.67. The number of hydrogen-bond donors (Lipinski definition) is 0. The van der Waals surface area contributed by atoms with E-state index in [0.29, 0.717) is 12.0 Å². The van der Waals surface area contributed by atoms with E-state index in [4.69, 9.17) is 0 Å². The molecule has 1 nitrogen and oxygen atoms in total. The molecule has 0 amide bonds. The van der Waals surface area contributed by atoms with E-state index in [1.807, 2.05) is 24.3 Å². The van der Waals surface area contributed by atoms with Crippen LogP contribution in [0.5, 0.6) is 0 Å². The molecular weight excluding hydrogens is 546 g/mol. The van der Waals surface area contributed by atoms with Crippen LogP contribution < -0.4 is 24.0 Å². The van der Waals surface area contributed by atoms with Gasteiger partial charge in [0, 0.05) is 24.5 Å². The van der Waals surface area contributed by atoms with Crippen molar-refractivity contribution in [3.8, 4) is 0 Å². The summed E-state index contributed by atoms with van der Waals surface area (Å²) in [6, 6.07) is 30.6. The zero-order chi connectivity index (χ0) is 23.3. The standard InChI is InChI=1S/C29H27F3N.HI/c1-22(27-18-8-15-25-14-5-6-17-28(25)27)33(21-24-10-3-2-4-11-24)19-9-13-23-12-7-16-26(20-23)29(30,31)32;/h2-8,10-12,14-18,20-22H,9,13,19H2,1H3;1H/q+1;/p-1/t22-;/m1./s1. The second-order valence-corrected chi connectivity index (χ2v) is 8.32. The molecule has 0 heterocycles. The fraction of sp³-hybridized carbons (Fsp3) is 0.207. The fourth-order valence-electron chi connectivity index (χ4n) is 4.26. The highest BCUT2D eigenvalue weighted by molar-refractivity contribution is 5.86. The van der Waals surface area contributed by atoms with Crippen molar-refractivity contribution in [2.75, 3.05) is 6.54 Å². The lowest BCUT2D eigenvalue weighted by Gasteiger charge is -2.15. The lowest BCUT2D eigenvalue weighted by molar-refractivity contribution is -0.564. The van der Waals surface area contributed by atoms with Crippen LogP contribution >= 0.6 is 0 Å². The van der Waals surface area contributed by atoms with Gasteiger partial charge in [-0.05, 0) is 41.0 Å². The van der Waals surface area contributed by atoms with Gasteiger partial charge in [0.05, 0.1) is 5.56 Å². The fourth-order valence-corrected chi connectivity index (χ4v) is 4.26. The Morgan fingerprint density at radius 3 is 2.26 bits per heavy atom. The van der Waals surface area contributed by atoms with E-state index in [0.717, 1.165) is 24.6 Å². The number of nitrogens with zero attached hydrogens (tertiary/aromatic N) is 1. The second-order valence-electron chi connectivity index (χ2n) is 8.32. The minimum atomic E-state index is -4.31. The van der Waals surface area contributed by atoms with Gasteiger partial charge in [-0.3, -0.25) is 0 Å². The topological polar surface area (TPSA) is 3.01 Å². The summed E-state index contributed by atoms with van der Waals surface area (Å²) >= 11 is 0. The van der Waals surface area contributed by atoms with Gasteiger partial charge in [0.15, 0.2) is 12.3 Å². The normalized spacial score (nSPS) is 12.9. The van der Waals surface area contributed by atoms with Gasteiger partial charge in [0.1, 0.15) is 6.54 Å². The molecule has 4 rings (SSSR count). The van der Waals surface area contributed by atoms with Gasteiger partial charge in [-0.15, -0.1) is 0 Å². The first kappa shape index (κ1) is 25.9. The maximum atomic E-state index is 13.1. The average Bonchev–Trinajstić information content (AvgIpc) is 2.83. The third-order valence-corrected chi connectivity index (χ3v) is 6.02. The molecule has 0 aliphatic heterocycles. The summed E-state index contributed by atoms with van der Waals surface area (Å²) < 4.78 is 41.5. The van der Waals surface area contributed by atoms with Crippen LogP contribution in [0.15, 0.2) is 97.1 Å². The number of alkyl halides is 3. The smallest absolute Gasteiger partial charge is 0.416 e. The molecule has 0 aliphatic carbocycles. The van der Waals surface area contributed by atoms with Gasteiger partial charge >= 0.3 is 6.18 Å². The highest BCUT2D eigenvalue weighted by Gasteiger charge is 2.30. The van der Waals surface area contributed by atoms with Gasteiger partial charge in [0.2, 0.25) is 0 Å². The van der Waals surface area contributed by atoms with E-state index in [2.05, 4.69) is 66.2 Å². The van der Waals surface area contributed by atoms with E-state index in [1.54, 1.807) is 6.07 Å². The van der Waals surface area contributed by atoms with E-state index < -0.39 is 11.7 Å². The lowest BCUT2D eigenvalue weighted by atomic mass is 9.99. The molecule has 0 fully saturated rings. The zero-order valence-corrected chi connectivity index (χ0v) is 21.1. The van der Waals surface area contributed by atoms with Crippen molar-refractivity contribution >= 4 is 17.0 Å². The quantitative estimate of drug-likeness (QED) is 0.172. The van der Waals surface area contributed by atoms with Crippen LogP contribution in [0.25, 0.3) is 10.8 Å². The van der Waals surface area contributed by atoms with Crippen molar-refractivity contribution in [2.24, 2.45) is 0 Å². The van der Waals surface area contributed by atoms with Crippen LogP contribution in [0.2, 0.25) is 0 Å². The van der Waals surface area contributed by atoms with Gasteiger partial charge in [0.25, 0.3) is 0 Å². The number of fused-ring (bicyclic) bond motifs is 1. The molecule has 34 heavy (non-hydrogen) atoms. The van der Waals surface area contributed by atoms with Crippen LogP contribution in [0.1, 0.15) is 41.6 Å². The highest BCUT2D eigenvalue weighted by Crippen LogP contribution is 2.30. The van der Waals surface area contributed by atoms with Crippen LogP contribution in [-0.2, 0) is 12.6 Å². The number of aryl methyl sites for hydroxylation is 1. The zero-order valence-electron chi connectivity index (χ0n) is 19.0. The Labute approximate surface area is 216 Å². The summed E-state index contributed by atoms with van der Waals surface area (Å²) in [5.41, 5.74) is 2.46. The van der Waals surface area contributed by atoms with Gasteiger partial charge in [-0.2, -0.15) is 13.2 Å². The number of hydrogen-bond acceptors (Lipinski definition) is 0. The van der Waals surface area contributed by atoms with Crippen molar-refractivity contribution in [1.82, 2.24) is 0 Å². The minimum Gasteiger partial charge on any atom is -1.00 e. The summed E-state index contributed by atoms with van der Waals surface area (Å²) in [6.45, 7) is 2.92. The first-order valence-electron chi connectivity index (χ1n) is 11.2. The summed E-state index contributed by atoms with van der Waals surface area (Å²) in [5, 5.41) is 2.42. The maximum Gasteiger partial charge on any atom is 0.416 e. The predicted molar refractivity (Wildman–Crippen MR) is 129 cm³/mol. The van der Waals surface area contributed by atoms with Gasteiger partial charge in [-0.1, -0.05) is 78.9 Å². The first-order valence-corrected chi connectivity index (χ1v) is 11.2. The molecule has 4 aromatic rings. The summed E-state index contributed by atoms with van der Waals surface area (Å²) in [7, 11) is 0. The Balaban J connectivity index is 0.00000324. The molecule has 0 spiro atoms. The molecule has 0 aromatic heterocycles. The van der Waals surface area contributed by atoms with Gasteiger partial charge < -0.3 is 24.0 Å². The Morgan fingerprint density at radius 1 is 0.824 bits per heavy atom. The molecule has 4 aromatic carbocycles. The van der Waals surface area contributed by atoms with Crippen LogP contribution in [0.4, 0.5) is 13.2 Å². The van der Waals surface area contributed by atoms with Crippen molar-refractivity contribution in [1.29, 1.82) is 0 Å². The SMILES string of the molecule is C[C@H](c1cccc2ccccc12)[N+](=Cc1ccccc1)CCCc1cccc(C(F)(F)F)c1.[I-]. The molecule has 0 unspecified atom stereocenters. The molecule has 5 heteroatoms. The Kier molecular flexibility index (Phi) is 8.89. The van der Waals surface area contributed by atoms with Gasteiger partial charge in [-0.25, -0.2) is 4.58 Å². The molecule has 0 bridgehead atoms. The molecule has 0 saturated heterocycles. The van der Waals surface area contributed by atoms with Crippen molar-refractivity contribution in [3.05, 3.63) is 119 Å². The van der Waals surface area contributed by atoms with E-state index >= 15 is 0 Å². The summed E-state index contributed by atoms with van der Waals surface area (Å²) in [6.07, 6.45) is -0.824. The van der Waals surface area contributed by atoms with Crippen molar-refractivity contribution in [3.63, 3.8) is 0 Å². The largest absolute Gasteiger partial charge is 1.00 e. The summed E-state index contributed by atoms with van der Waals surface area (Å²) in [4.78, 5) is 0. The average molecular weight is 573 g/mol. The Morgan fingerprint density at radius 2 is 1.50 bits per heavy atom. The van der Waals surface area contributed by atoms with Crippen LogP contribution in [0.3, 0.4) is 0 Å². The second kappa shape index (κ2) is 11.6. The van der Waals surface area contributed by atoms with Crippen molar-refractivity contribution < 1.29 is 41.7 Å². The summed E-state index contributed by atoms with van der Waals surface area (Å²) in [5.74, 6) is 0. The highest BCUT2D eigenvalue weighted by atomic mass is 127. The Bertz CT molecular complexity index is 1240. The monoisotopic (exact) mass is 573 g/mol. The molecule has 0 radical (unpaired) electrons. The predicted octanol–water partition coefficient (Wildman–Crippen LogP) is 4.69. The molecular formula is C29H27F3IN. The third-order valence-electron chi connectivity index (χ3n) is 6.02. The van der Waals surface area contributed by atoms with Crippen molar-refractivity contribution in [2.45, 2.75) is 32.0 Å². The molecule has 1 atom stereocenters. The third kappa shape index (κ3) is 6.47. The van der Waals surface area contributed by atoms with E-state index in [9.17, 15) is 13.2 Å². The number of halogens is 4. The first-order chi connectivity index (χ1) is 15.9. The van der Waals surface area contributed by atoms with E-state index in [1.165, 1.54) is 28.5 Å². The number of rotatable bonds is 7. The molecule has 0 saturated carbocycles. The lowest BCUT2D eigenvalue weighted by Crippen LogP contribution is -3.00. The number of benzene rings is 4. The van der Waals surface area contributed by atoms with Crippen LogP contribution in [0, 0.1) is 0 Å². The molecule has 0 N–H and O–H groups in total. The maximum absolute atomic E-state index is 13.1. The molecule has 176 valence electrons.